The highest BCUT2D eigenvalue weighted by molar-refractivity contribution is 7.99. The van der Waals surface area contributed by atoms with Gasteiger partial charge in [-0.3, -0.25) is 4.79 Å². The van der Waals surface area contributed by atoms with Gasteiger partial charge in [-0.1, -0.05) is 41.6 Å². The number of nitrogens with one attached hydrogen (secondary N) is 1. The van der Waals surface area contributed by atoms with Crippen molar-refractivity contribution < 1.29 is 9.18 Å². The summed E-state index contributed by atoms with van der Waals surface area (Å²) in [6.45, 7) is 0. The van der Waals surface area contributed by atoms with Crippen LogP contribution in [0.3, 0.4) is 0 Å². The van der Waals surface area contributed by atoms with Crippen LogP contribution < -0.4 is 11.2 Å². The first kappa shape index (κ1) is 17.2. The Balaban J connectivity index is 1.66. The van der Waals surface area contributed by atoms with Crippen molar-refractivity contribution in [3.8, 4) is 11.4 Å². The van der Waals surface area contributed by atoms with Crippen LogP contribution >= 0.6 is 23.4 Å². The fourth-order valence-corrected chi connectivity index (χ4v) is 2.94. The molecule has 128 valence electrons. The third kappa shape index (κ3) is 4.09. The molecule has 0 aliphatic carbocycles. The minimum absolute atomic E-state index is 0.0686. The van der Waals surface area contributed by atoms with Gasteiger partial charge in [0, 0.05) is 10.7 Å². The average molecular weight is 378 g/mol. The minimum atomic E-state index is -0.447. The third-order valence-electron chi connectivity index (χ3n) is 3.22. The number of carbonyl (C=O) groups excluding carboxylic acids is 1. The Morgan fingerprint density at radius 1 is 1.24 bits per heavy atom. The van der Waals surface area contributed by atoms with Gasteiger partial charge in [-0.15, -0.1) is 10.2 Å². The highest BCUT2D eigenvalue weighted by Gasteiger charge is 2.16. The van der Waals surface area contributed by atoms with E-state index in [0.717, 1.165) is 16.4 Å². The van der Waals surface area contributed by atoms with Crippen LogP contribution in [0.5, 0.6) is 0 Å². The van der Waals surface area contributed by atoms with Crippen molar-refractivity contribution in [2.45, 2.75) is 5.16 Å². The molecule has 1 amide bonds. The van der Waals surface area contributed by atoms with Crippen molar-refractivity contribution in [3.05, 3.63) is 59.4 Å². The van der Waals surface area contributed by atoms with E-state index in [2.05, 4.69) is 15.5 Å². The monoisotopic (exact) mass is 377 g/mol. The molecule has 0 fully saturated rings. The van der Waals surface area contributed by atoms with Crippen LogP contribution in [0, 0.1) is 5.82 Å². The molecule has 0 aliphatic rings. The van der Waals surface area contributed by atoms with Crippen LogP contribution in [0.4, 0.5) is 10.1 Å². The van der Waals surface area contributed by atoms with Gasteiger partial charge in [0.1, 0.15) is 5.82 Å². The Morgan fingerprint density at radius 2 is 2.04 bits per heavy atom. The van der Waals surface area contributed by atoms with Gasteiger partial charge < -0.3 is 11.2 Å². The van der Waals surface area contributed by atoms with Crippen molar-refractivity contribution in [1.29, 1.82) is 0 Å². The van der Waals surface area contributed by atoms with Crippen molar-refractivity contribution in [2.24, 2.45) is 0 Å². The minimum Gasteiger partial charge on any atom is -0.335 e. The molecule has 6 nitrogen and oxygen atoms in total. The largest absolute Gasteiger partial charge is 0.335 e. The van der Waals surface area contributed by atoms with Crippen molar-refractivity contribution in [2.75, 3.05) is 16.9 Å². The molecule has 0 radical (unpaired) electrons. The lowest BCUT2D eigenvalue weighted by Gasteiger charge is -2.06. The van der Waals surface area contributed by atoms with E-state index in [-0.39, 0.29) is 23.0 Å². The summed E-state index contributed by atoms with van der Waals surface area (Å²) in [5.41, 5.74) is 0.840. The van der Waals surface area contributed by atoms with Crippen molar-refractivity contribution >= 4 is 35.0 Å². The molecular formula is C16H13ClFN5OS. The third-order valence-corrected chi connectivity index (χ3v) is 4.40. The fourth-order valence-electron chi connectivity index (χ4n) is 2.10. The molecule has 1 aromatic heterocycles. The first-order valence-corrected chi connectivity index (χ1v) is 8.54. The van der Waals surface area contributed by atoms with E-state index in [1.165, 1.54) is 6.07 Å². The van der Waals surface area contributed by atoms with E-state index in [9.17, 15) is 9.18 Å². The summed E-state index contributed by atoms with van der Waals surface area (Å²) < 4.78 is 15.0. The van der Waals surface area contributed by atoms with Gasteiger partial charge >= 0.3 is 0 Å². The zero-order valence-corrected chi connectivity index (χ0v) is 14.4. The predicted molar refractivity (Wildman–Crippen MR) is 96.4 cm³/mol. The summed E-state index contributed by atoms with van der Waals surface area (Å²) in [7, 11) is 0. The van der Waals surface area contributed by atoms with E-state index in [1.54, 1.807) is 42.5 Å². The highest BCUT2D eigenvalue weighted by Crippen LogP contribution is 2.24. The number of thioether (sulfide) groups is 1. The molecule has 0 saturated heterocycles. The summed E-state index contributed by atoms with van der Waals surface area (Å²) in [4.78, 5) is 12.0. The first-order chi connectivity index (χ1) is 12.0. The highest BCUT2D eigenvalue weighted by atomic mass is 35.5. The van der Waals surface area contributed by atoms with Gasteiger partial charge in [0.05, 0.1) is 11.3 Å². The average Bonchev–Trinajstić information content (AvgIpc) is 2.94. The Hall–Kier alpha value is -2.58. The lowest BCUT2D eigenvalue weighted by atomic mass is 10.2. The molecule has 0 saturated carbocycles. The standard InChI is InChI=1S/C16H13ClFN5OS/c17-10-4-3-5-11(8-10)20-14(24)9-25-16-22-21-15(23(16)19)12-6-1-2-7-13(12)18/h1-8H,9,19H2,(H,20,24). The zero-order valence-electron chi connectivity index (χ0n) is 12.8. The first-order valence-electron chi connectivity index (χ1n) is 7.18. The maximum atomic E-state index is 13.8. The SMILES string of the molecule is Nn1c(SCC(=O)Nc2cccc(Cl)c2)nnc1-c1ccccc1F. The number of aromatic nitrogens is 3. The number of halogens is 2. The van der Waals surface area contributed by atoms with E-state index >= 15 is 0 Å². The summed E-state index contributed by atoms with van der Waals surface area (Å²) in [6, 6.07) is 13.0. The van der Waals surface area contributed by atoms with Crippen LogP contribution in [0.2, 0.25) is 5.02 Å². The number of carbonyl (C=O) groups is 1. The predicted octanol–water partition coefficient (Wildman–Crippen LogP) is 3.18. The molecule has 9 heteroatoms. The summed E-state index contributed by atoms with van der Waals surface area (Å²) in [5, 5.41) is 11.4. The number of amides is 1. The maximum Gasteiger partial charge on any atom is 0.234 e. The molecule has 0 aliphatic heterocycles. The number of nitrogens with zero attached hydrogens (tertiary/aromatic N) is 3. The number of rotatable bonds is 5. The van der Waals surface area contributed by atoms with Gasteiger partial charge in [0.25, 0.3) is 0 Å². The van der Waals surface area contributed by atoms with Gasteiger partial charge in [-0.2, -0.15) is 0 Å². The lowest BCUT2D eigenvalue weighted by molar-refractivity contribution is -0.113. The smallest absolute Gasteiger partial charge is 0.234 e. The number of hydrogen-bond donors (Lipinski definition) is 2. The second-order valence-electron chi connectivity index (χ2n) is 5.00. The van der Waals surface area contributed by atoms with E-state index in [4.69, 9.17) is 17.4 Å². The second-order valence-corrected chi connectivity index (χ2v) is 6.38. The van der Waals surface area contributed by atoms with Gasteiger partial charge in [-0.25, -0.2) is 9.07 Å². The molecular weight excluding hydrogens is 365 g/mol. The topological polar surface area (TPSA) is 85.8 Å². The van der Waals surface area contributed by atoms with Gasteiger partial charge in [0.2, 0.25) is 11.1 Å². The second kappa shape index (κ2) is 7.54. The van der Waals surface area contributed by atoms with Gasteiger partial charge in [-0.05, 0) is 30.3 Å². The molecule has 3 aromatic rings. The molecule has 1 heterocycles. The Bertz CT molecular complexity index is 917. The Morgan fingerprint density at radius 3 is 2.80 bits per heavy atom. The molecule has 0 spiro atoms. The molecule has 0 atom stereocenters. The van der Waals surface area contributed by atoms with Crippen LogP contribution in [0.25, 0.3) is 11.4 Å². The summed E-state index contributed by atoms with van der Waals surface area (Å²) in [5.74, 6) is 5.48. The van der Waals surface area contributed by atoms with Crippen LogP contribution in [-0.4, -0.2) is 26.5 Å². The van der Waals surface area contributed by atoms with Crippen LogP contribution in [0.15, 0.2) is 53.7 Å². The molecule has 2 aromatic carbocycles. The number of nitrogen functional groups attached to an aromatic ring is 1. The molecule has 0 unspecified atom stereocenters. The number of benzene rings is 2. The number of hydrogen-bond acceptors (Lipinski definition) is 5. The molecule has 25 heavy (non-hydrogen) atoms. The molecule has 0 bridgehead atoms. The summed E-state index contributed by atoms with van der Waals surface area (Å²) >= 11 is 6.97. The lowest BCUT2D eigenvalue weighted by Crippen LogP contribution is -2.16. The molecule has 3 N–H and O–H groups in total. The zero-order chi connectivity index (χ0) is 17.8. The van der Waals surface area contributed by atoms with Crippen LogP contribution in [0.1, 0.15) is 0 Å². The Labute approximate surface area is 152 Å². The van der Waals surface area contributed by atoms with E-state index in [0.29, 0.717) is 15.9 Å². The normalized spacial score (nSPS) is 10.6. The number of anilines is 1. The van der Waals surface area contributed by atoms with Crippen molar-refractivity contribution in [3.63, 3.8) is 0 Å². The van der Waals surface area contributed by atoms with Gasteiger partial charge in [0.15, 0.2) is 5.82 Å². The number of nitrogens with two attached hydrogens (primary N) is 1. The van der Waals surface area contributed by atoms with E-state index in [1.807, 2.05) is 0 Å². The quantitative estimate of drug-likeness (QED) is 0.527. The maximum absolute atomic E-state index is 13.8. The summed E-state index contributed by atoms with van der Waals surface area (Å²) in [6.07, 6.45) is 0. The fraction of sp³-hybridized carbons (Fsp3) is 0.0625. The van der Waals surface area contributed by atoms with Crippen LogP contribution in [-0.2, 0) is 4.79 Å². The Kier molecular flexibility index (Phi) is 5.20. The van der Waals surface area contributed by atoms with Crippen molar-refractivity contribution in [1.82, 2.24) is 14.9 Å². The molecule has 3 rings (SSSR count). The van der Waals surface area contributed by atoms with E-state index < -0.39 is 5.82 Å².